The third-order valence-electron chi connectivity index (χ3n) is 4.40. The van der Waals surface area contributed by atoms with Gasteiger partial charge in [-0.1, -0.05) is 30.3 Å². The molecule has 3 N–H and O–H groups in total. The zero-order chi connectivity index (χ0) is 14.8. The summed E-state index contributed by atoms with van der Waals surface area (Å²) >= 11 is 0. The SMILES string of the molecule is NNC(=O)C(c1ccccc1)N1CCN2C(=O)CCC2C1. The number of hydrazine groups is 1. The van der Waals surface area contributed by atoms with Gasteiger partial charge in [-0.05, 0) is 12.0 Å². The maximum atomic E-state index is 12.2. The number of carbonyl (C=O) groups is 2. The molecule has 2 saturated heterocycles. The van der Waals surface area contributed by atoms with Gasteiger partial charge in [0.25, 0.3) is 5.91 Å². The lowest BCUT2D eigenvalue weighted by atomic mass is 10.0. The third-order valence-corrected chi connectivity index (χ3v) is 4.40. The lowest BCUT2D eigenvalue weighted by Gasteiger charge is -2.41. The standard InChI is InChI=1S/C15H20N4O2/c16-17-15(21)14(11-4-2-1-3-5-11)18-8-9-19-12(10-18)6-7-13(19)20/h1-5,12,14H,6-10,16H2,(H,17,21). The number of carbonyl (C=O) groups excluding carboxylic acids is 2. The minimum atomic E-state index is -0.394. The largest absolute Gasteiger partial charge is 0.337 e. The molecule has 112 valence electrons. The van der Waals surface area contributed by atoms with Gasteiger partial charge in [-0.2, -0.15) is 0 Å². The summed E-state index contributed by atoms with van der Waals surface area (Å²) < 4.78 is 0. The van der Waals surface area contributed by atoms with E-state index >= 15 is 0 Å². The Morgan fingerprint density at radius 3 is 2.76 bits per heavy atom. The van der Waals surface area contributed by atoms with E-state index < -0.39 is 6.04 Å². The van der Waals surface area contributed by atoms with Crippen molar-refractivity contribution in [3.05, 3.63) is 35.9 Å². The summed E-state index contributed by atoms with van der Waals surface area (Å²) in [6.45, 7) is 2.10. The minimum absolute atomic E-state index is 0.209. The van der Waals surface area contributed by atoms with Gasteiger partial charge in [-0.15, -0.1) is 0 Å². The molecule has 0 aromatic heterocycles. The summed E-state index contributed by atoms with van der Waals surface area (Å²) in [5.74, 6) is 5.38. The van der Waals surface area contributed by atoms with Gasteiger partial charge in [-0.3, -0.25) is 19.9 Å². The molecule has 2 atom stereocenters. The van der Waals surface area contributed by atoms with E-state index in [4.69, 9.17) is 5.84 Å². The van der Waals surface area contributed by atoms with E-state index in [1.165, 1.54) is 0 Å². The predicted molar refractivity (Wildman–Crippen MR) is 77.8 cm³/mol. The zero-order valence-corrected chi connectivity index (χ0v) is 11.9. The first-order valence-electron chi connectivity index (χ1n) is 7.29. The van der Waals surface area contributed by atoms with E-state index in [0.717, 1.165) is 18.5 Å². The molecule has 2 aliphatic heterocycles. The van der Waals surface area contributed by atoms with Crippen LogP contribution in [0.25, 0.3) is 0 Å². The Hall–Kier alpha value is -1.92. The number of amides is 2. The van der Waals surface area contributed by atoms with Crippen LogP contribution in [0.3, 0.4) is 0 Å². The van der Waals surface area contributed by atoms with Crippen molar-refractivity contribution in [2.45, 2.75) is 24.9 Å². The first kappa shape index (κ1) is 14.0. The van der Waals surface area contributed by atoms with Gasteiger partial charge < -0.3 is 4.90 Å². The third kappa shape index (κ3) is 2.64. The Morgan fingerprint density at radius 2 is 2.05 bits per heavy atom. The van der Waals surface area contributed by atoms with Gasteiger partial charge in [0.2, 0.25) is 5.91 Å². The van der Waals surface area contributed by atoms with Crippen molar-refractivity contribution >= 4 is 11.8 Å². The Kier molecular flexibility index (Phi) is 3.90. The van der Waals surface area contributed by atoms with Crippen LogP contribution < -0.4 is 11.3 Å². The highest BCUT2D eigenvalue weighted by Crippen LogP contribution is 2.28. The molecule has 0 bridgehead atoms. The Labute approximate surface area is 123 Å². The number of nitrogens with zero attached hydrogens (tertiary/aromatic N) is 2. The highest BCUT2D eigenvalue weighted by atomic mass is 16.2. The van der Waals surface area contributed by atoms with Crippen LogP contribution in [-0.4, -0.2) is 47.3 Å². The van der Waals surface area contributed by atoms with E-state index in [1.807, 2.05) is 35.2 Å². The van der Waals surface area contributed by atoms with E-state index in [0.29, 0.717) is 19.5 Å². The molecular formula is C15H20N4O2. The number of piperazine rings is 1. The van der Waals surface area contributed by atoms with Crippen molar-refractivity contribution in [2.75, 3.05) is 19.6 Å². The van der Waals surface area contributed by atoms with Gasteiger partial charge in [0.15, 0.2) is 0 Å². The molecule has 6 heteroatoms. The van der Waals surface area contributed by atoms with E-state index in [2.05, 4.69) is 10.3 Å². The summed E-state index contributed by atoms with van der Waals surface area (Å²) in [4.78, 5) is 28.0. The monoisotopic (exact) mass is 288 g/mol. The first-order valence-corrected chi connectivity index (χ1v) is 7.29. The second-order valence-corrected chi connectivity index (χ2v) is 5.60. The van der Waals surface area contributed by atoms with Crippen molar-refractivity contribution in [3.63, 3.8) is 0 Å². The first-order chi connectivity index (χ1) is 10.2. The Bertz CT molecular complexity index is 534. The number of hydrogen-bond donors (Lipinski definition) is 2. The van der Waals surface area contributed by atoms with Crippen LogP contribution in [0, 0.1) is 0 Å². The number of benzene rings is 1. The average molecular weight is 288 g/mol. The Balaban J connectivity index is 1.81. The lowest BCUT2D eigenvalue weighted by Crippen LogP contribution is -2.55. The van der Waals surface area contributed by atoms with Crippen molar-refractivity contribution in [1.29, 1.82) is 0 Å². The molecule has 1 aromatic carbocycles. The molecule has 2 heterocycles. The molecule has 2 unspecified atom stereocenters. The van der Waals surface area contributed by atoms with Crippen molar-refractivity contribution < 1.29 is 9.59 Å². The van der Waals surface area contributed by atoms with Crippen LogP contribution in [0.15, 0.2) is 30.3 Å². The van der Waals surface area contributed by atoms with Crippen LogP contribution in [0.4, 0.5) is 0 Å². The second kappa shape index (κ2) is 5.83. The molecule has 0 aliphatic carbocycles. The number of rotatable bonds is 3. The predicted octanol–water partition coefficient (Wildman–Crippen LogP) is 0.0242. The molecule has 0 radical (unpaired) electrons. The van der Waals surface area contributed by atoms with Crippen LogP contribution >= 0.6 is 0 Å². The average Bonchev–Trinajstić information content (AvgIpc) is 2.89. The van der Waals surface area contributed by atoms with E-state index in [9.17, 15) is 9.59 Å². The van der Waals surface area contributed by atoms with Crippen LogP contribution in [0.1, 0.15) is 24.4 Å². The summed E-state index contributed by atoms with van der Waals surface area (Å²) in [5, 5.41) is 0. The number of nitrogens with two attached hydrogens (primary N) is 1. The molecule has 21 heavy (non-hydrogen) atoms. The van der Waals surface area contributed by atoms with Crippen molar-refractivity contribution in [1.82, 2.24) is 15.2 Å². The van der Waals surface area contributed by atoms with Gasteiger partial charge in [-0.25, -0.2) is 5.84 Å². The van der Waals surface area contributed by atoms with E-state index in [1.54, 1.807) is 0 Å². The fourth-order valence-electron chi connectivity index (χ4n) is 3.37. The smallest absolute Gasteiger partial charge is 0.255 e. The zero-order valence-electron chi connectivity index (χ0n) is 11.9. The highest BCUT2D eigenvalue weighted by Gasteiger charge is 2.39. The summed E-state index contributed by atoms with van der Waals surface area (Å²) in [7, 11) is 0. The molecule has 0 spiro atoms. The normalized spacial score (nSPS) is 23.8. The van der Waals surface area contributed by atoms with Crippen LogP contribution in [-0.2, 0) is 9.59 Å². The summed E-state index contributed by atoms with van der Waals surface area (Å²) in [6, 6.07) is 9.47. The lowest BCUT2D eigenvalue weighted by molar-refractivity contribution is -0.133. The minimum Gasteiger partial charge on any atom is -0.337 e. The molecule has 2 fully saturated rings. The second-order valence-electron chi connectivity index (χ2n) is 5.60. The van der Waals surface area contributed by atoms with Gasteiger partial charge >= 0.3 is 0 Å². The maximum absolute atomic E-state index is 12.2. The van der Waals surface area contributed by atoms with Gasteiger partial charge in [0.05, 0.1) is 0 Å². The summed E-state index contributed by atoms with van der Waals surface area (Å²) in [6.07, 6.45) is 1.50. The van der Waals surface area contributed by atoms with Gasteiger partial charge in [0.1, 0.15) is 6.04 Å². The molecule has 0 saturated carbocycles. The van der Waals surface area contributed by atoms with Crippen LogP contribution in [0.2, 0.25) is 0 Å². The number of fused-ring (bicyclic) bond motifs is 1. The van der Waals surface area contributed by atoms with Gasteiger partial charge in [0, 0.05) is 32.1 Å². The van der Waals surface area contributed by atoms with Crippen molar-refractivity contribution in [3.8, 4) is 0 Å². The van der Waals surface area contributed by atoms with E-state index in [-0.39, 0.29) is 17.9 Å². The highest BCUT2D eigenvalue weighted by molar-refractivity contribution is 5.83. The molecular weight excluding hydrogens is 268 g/mol. The van der Waals surface area contributed by atoms with Crippen molar-refractivity contribution in [2.24, 2.45) is 5.84 Å². The fraction of sp³-hybridized carbons (Fsp3) is 0.467. The fourth-order valence-corrected chi connectivity index (χ4v) is 3.37. The summed E-state index contributed by atoms with van der Waals surface area (Å²) in [5.41, 5.74) is 3.20. The molecule has 6 nitrogen and oxygen atoms in total. The number of hydrogen-bond acceptors (Lipinski definition) is 4. The molecule has 2 aliphatic rings. The topological polar surface area (TPSA) is 78.7 Å². The Morgan fingerprint density at radius 1 is 1.29 bits per heavy atom. The quantitative estimate of drug-likeness (QED) is 0.467. The van der Waals surface area contributed by atoms with Crippen LogP contribution in [0.5, 0.6) is 0 Å². The maximum Gasteiger partial charge on any atom is 0.255 e. The molecule has 2 amide bonds. The molecule has 3 rings (SSSR count). The number of nitrogens with one attached hydrogen (secondary N) is 1. The molecule has 1 aromatic rings.